The highest BCUT2D eigenvalue weighted by atomic mass is 28.3. The molecule has 1 rings (SSSR count). The molecule has 0 radical (unpaired) electrons. The fraction of sp³-hybridized carbons (Fsp3) is 1.00. The number of rotatable bonds is 3. The molecule has 2 atom stereocenters. The largest absolute Gasteiger partial charge is 0.392 e. The van der Waals surface area contributed by atoms with Crippen LogP contribution in [0.2, 0.25) is 25.7 Å². The first kappa shape index (κ1) is 10.2. The third-order valence-corrected chi connectivity index (χ3v) is 4.03. The lowest BCUT2D eigenvalue weighted by molar-refractivity contribution is 0.153. The summed E-state index contributed by atoms with van der Waals surface area (Å²) in [6.45, 7) is 8.02. The molecular weight excluding hydrogens is 166 g/mol. The van der Waals surface area contributed by atoms with Crippen LogP contribution in [0.15, 0.2) is 0 Å². The molecule has 1 unspecified atom stereocenters. The second-order valence-corrected chi connectivity index (χ2v) is 10.6. The average Bonchev–Trinajstić information content (AvgIpc) is 2.32. The lowest BCUT2D eigenvalue weighted by atomic mass is 10.1. The van der Waals surface area contributed by atoms with Gasteiger partial charge < -0.3 is 10.4 Å². The van der Waals surface area contributed by atoms with E-state index in [1.165, 1.54) is 6.42 Å². The van der Waals surface area contributed by atoms with Gasteiger partial charge in [0, 0.05) is 14.1 Å². The zero-order chi connectivity index (χ0) is 9.19. The maximum absolute atomic E-state index is 9.86. The van der Waals surface area contributed by atoms with Crippen LogP contribution in [0.3, 0.4) is 0 Å². The van der Waals surface area contributed by atoms with Crippen molar-refractivity contribution in [2.75, 3.05) is 6.54 Å². The smallest absolute Gasteiger partial charge is 0.0669 e. The molecule has 1 aliphatic rings. The summed E-state index contributed by atoms with van der Waals surface area (Å²) in [4.78, 5) is 0. The highest BCUT2D eigenvalue weighted by Gasteiger charge is 2.27. The molecule has 0 aliphatic carbocycles. The summed E-state index contributed by atoms with van der Waals surface area (Å²) in [6.07, 6.45) is 2.29. The summed E-state index contributed by atoms with van der Waals surface area (Å²) in [5, 5.41) is 13.2. The van der Waals surface area contributed by atoms with Crippen LogP contribution in [0.5, 0.6) is 0 Å². The normalized spacial score (nSPS) is 27.5. The van der Waals surface area contributed by atoms with Gasteiger partial charge in [-0.25, -0.2) is 0 Å². The molecule has 2 N–H and O–H groups in total. The third-order valence-electron chi connectivity index (χ3n) is 2.38. The number of aliphatic hydroxyl groups is 1. The minimum absolute atomic E-state index is 0.0980. The summed E-state index contributed by atoms with van der Waals surface area (Å²) in [6, 6.07) is 1.42. The highest BCUT2D eigenvalue weighted by molar-refractivity contribution is 6.76. The number of nitrogens with one attached hydrogen (secondary N) is 1. The van der Waals surface area contributed by atoms with E-state index < -0.39 is 8.07 Å². The van der Waals surface area contributed by atoms with Crippen LogP contribution in [0.25, 0.3) is 0 Å². The van der Waals surface area contributed by atoms with Gasteiger partial charge in [0.1, 0.15) is 0 Å². The van der Waals surface area contributed by atoms with Crippen molar-refractivity contribution >= 4 is 8.07 Å². The average molecular weight is 187 g/mol. The molecule has 0 spiro atoms. The van der Waals surface area contributed by atoms with Gasteiger partial charge in [-0.2, -0.15) is 0 Å². The lowest BCUT2D eigenvalue weighted by Crippen LogP contribution is -2.39. The molecule has 0 amide bonds. The fourth-order valence-corrected chi connectivity index (χ4v) is 3.35. The van der Waals surface area contributed by atoms with Crippen molar-refractivity contribution in [1.29, 1.82) is 0 Å². The van der Waals surface area contributed by atoms with Crippen LogP contribution in [0.4, 0.5) is 0 Å². The zero-order valence-corrected chi connectivity index (χ0v) is 9.43. The Bertz CT molecular complexity index is 138. The van der Waals surface area contributed by atoms with Crippen molar-refractivity contribution in [2.24, 2.45) is 0 Å². The second kappa shape index (κ2) is 3.90. The summed E-state index contributed by atoms with van der Waals surface area (Å²) < 4.78 is 0. The molecule has 3 heteroatoms. The van der Waals surface area contributed by atoms with Crippen molar-refractivity contribution < 1.29 is 5.11 Å². The molecule has 2 nitrogen and oxygen atoms in total. The fourth-order valence-electron chi connectivity index (χ4n) is 1.81. The Kier molecular flexibility index (Phi) is 3.32. The number of hydrogen-bond acceptors (Lipinski definition) is 2. The Morgan fingerprint density at radius 1 is 1.50 bits per heavy atom. The summed E-state index contributed by atoms with van der Waals surface area (Å²) in [7, 11) is -1.08. The minimum Gasteiger partial charge on any atom is -0.392 e. The van der Waals surface area contributed by atoms with Crippen LogP contribution in [-0.4, -0.2) is 31.9 Å². The molecular formula is C9H21NOSi. The summed E-state index contributed by atoms with van der Waals surface area (Å²) in [5.74, 6) is 0. The minimum atomic E-state index is -1.08. The molecule has 1 heterocycles. The van der Waals surface area contributed by atoms with Crippen molar-refractivity contribution in [1.82, 2.24) is 5.32 Å². The first-order valence-electron chi connectivity index (χ1n) is 4.90. The first-order chi connectivity index (χ1) is 5.49. The Morgan fingerprint density at radius 2 is 2.17 bits per heavy atom. The van der Waals surface area contributed by atoms with E-state index in [1.54, 1.807) is 0 Å². The quantitative estimate of drug-likeness (QED) is 0.655. The van der Waals surface area contributed by atoms with Crippen molar-refractivity contribution in [2.45, 2.75) is 50.7 Å². The van der Waals surface area contributed by atoms with E-state index in [0.717, 1.165) is 19.0 Å². The monoisotopic (exact) mass is 187 g/mol. The lowest BCUT2D eigenvalue weighted by Gasteiger charge is -2.24. The zero-order valence-electron chi connectivity index (χ0n) is 8.43. The molecule has 12 heavy (non-hydrogen) atoms. The molecule has 0 aromatic heterocycles. The van der Waals surface area contributed by atoms with Crippen LogP contribution in [0.1, 0.15) is 12.8 Å². The molecule has 1 aliphatic heterocycles. The Hall–Kier alpha value is 0.137. The number of aliphatic hydroxyl groups excluding tert-OH is 1. The third kappa shape index (κ3) is 3.25. The van der Waals surface area contributed by atoms with Crippen LogP contribution >= 0.6 is 0 Å². The van der Waals surface area contributed by atoms with E-state index in [0.29, 0.717) is 6.04 Å². The van der Waals surface area contributed by atoms with Gasteiger partial charge in [-0.3, -0.25) is 0 Å². The van der Waals surface area contributed by atoms with Gasteiger partial charge in [-0.15, -0.1) is 0 Å². The van der Waals surface area contributed by atoms with Crippen molar-refractivity contribution in [3.05, 3.63) is 0 Å². The SMILES string of the molecule is C[Si](C)(C)CC(O)[C@@H]1CCCN1. The van der Waals surface area contributed by atoms with Crippen LogP contribution in [0, 0.1) is 0 Å². The van der Waals surface area contributed by atoms with Gasteiger partial charge >= 0.3 is 0 Å². The molecule has 1 fully saturated rings. The van der Waals surface area contributed by atoms with E-state index in [2.05, 4.69) is 25.0 Å². The molecule has 72 valence electrons. The number of hydrogen-bond donors (Lipinski definition) is 2. The van der Waals surface area contributed by atoms with Gasteiger partial charge in [0.2, 0.25) is 0 Å². The predicted octanol–water partition coefficient (Wildman–Crippen LogP) is 1.44. The Morgan fingerprint density at radius 3 is 2.58 bits per heavy atom. The molecule has 0 aromatic carbocycles. The maximum atomic E-state index is 9.86. The van der Waals surface area contributed by atoms with Gasteiger partial charge in [-0.1, -0.05) is 19.6 Å². The van der Waals surface area contributed by atoms with Gasteiger partial charge in [0.05, 0.1) is 6.10 Å². The van der Waals surface area contributed by atoms with E-state index in [1.807, 2.05) is 0 Å². The van der Waals surface area contributed by atoms with E-state index in [-0.39, 0.29) is 6.10 Å². The Labute approximate surface area is 76.4 Å². The predicted molar refractivity (Wildman–Crippen MR) is 55.2 cm³/mol. The molecule has 0 aromatic rings. The second-order valence-electron chi connectivity index (χ2n) is 5.03. The van der Waals surface area contributed by atoms with Crippen molar-refractivity contribution in [3.63, 3.8) is 0 Å². The van der Waals surface area contributed by atoms with E-state index in [9.17, 15) is 5.11 Å². The van der Waals surface area contributed by atoms with E-state index >= 15 is 0 Å². The van der Waals surface area contributed by atoms with Gasteiger partial charge in [0.15, 0.2) is 0 Å². The molecule has 1 saturated heterocycles. The van der Waals surface area contributed by atoms with Gasteiger partial charge in [-0.05, 0) is 25.4 Å². The standard InChI is InChI=1S/C9H21NOSi/c1-12(2,3)7-9(11)8-5-4-6-10-8/h8-11H,4-7H2,1-3H3/t8-,9?/m0/s1. The molecule has 0 saturated carbocycles. The topological polar surface area (TPSA) is 32.3 Å². The summed E-state index contributed by atoms with van der Waals surface area (Å²) >= 11 is 0. The van der Waals surface area contributed by atoms with Crippen LogP contribution < -0.4 is 5.32 Å². The first-order valence-corrected chi connectivity index (χ1v) is 8.61. The molecule has 0 bridgehead atoms. The van der Waals surface area contributed by atoms with E-state index in [4.69, 9.17) is 0 Å². The van der Waals surface area contributed by atoms with Crippen LogP contribution in [-0.2, 0) is 0 Å². The Balaban J connectivity index is 2.31. The maximum Gasteiger partial charge on any atom is 0.0669 e. The van der Waals surface area contributed by atoms with Gasteiger partial charge in [0.25, 0.3) is 0 Å². The highest BCUT2D eigenvalue weighted by Crippen LogP contribution is 2.18. The van der Waals surface area contributed by atoms with Crippen molar-refractivity contribution in [3.8, 4) is 0 Å². The summed E-state index contributed by atoms with van der Waals surface area (Å²) in [5.41, 5.74) is 0.